The smallest absolute Gasteiger partial charge is 0.254 e. The van der Waals surface area contributed by atoms with Gasteiger partial charge in [-0.2, -0.15) is 0 Å². The van der Waals surface area contributed by atoms with E-state index < -0.39 is 0 Å². The summed E-state index contributed by atoms with van der Waals surface area (Å²) >= 11 is 11.7. The first kappa shape index (κ1) is 14.3. The molecule has 0 unspecified atom stereocenters. The van der Waals surface area contributed by atoms with E-state index in [9.17, 15) is 4.79 Å². The van der Waals surface area contributed by atoms with E-state index in [1.165, 1.54) is 0 Å². The summed E-state index contributed by atoms with van der Waals surface area (Å²) in [5.41, 5.74) is 1.51. The van der Waals surface area contributed by atoms with Crippen molar-refractivity contribution in [2.75, 3.05) is 19.0 Å². The second-order valence-electron chi connectivity index (χ2n) is 3.84. The number of nitrogens with zero attached hydrogens (tertiary/aromatic N) is 1. The maximum atomic E-state index is 12.3. The Morgan fingerprint density at radius 1 is 1.41 bits per heavy atom. The van der Waals surface area contributed by atoms with Gasteiger partial charge in [0.2, 0.25) is 0 Å². The Morgan fingerprint density at radius 2 is 2.12 bits per heavy atom. The molecule has 94 valence electrons. The highest BCUT2D eigenvalue weighted by Gasteiger charge is 2.16. The fourth-order valence-electron chi connectivity index (χ4n) is 1.66. The van der Waals surface area contributed by atoms with Crippen LogP contribution in [-0.4, -0.2) is 29.8 Å². The molecule has 0 aliphatic carbocycles. The lowest BCUT2D eigenvalue weighted by molar-refractivity contribution is 0.0764. The second-order valence-corrected chi connectivity index (χ2v) is 4.62. The number of benzene rings is 1. The van der Waals surface area contributed by atoms with Crippen LogP contribution in [0, 0.1) is 6.92 Å². The number of hydrogen-bond acceptors (Lipinski definition) is 1. The van der Waals surface area contributed by atoms with Crippen LogP contribution in [0.2, 0.25) is 5.02 Å². The molecule has 4 heteroatoms. The lowest BCUT2D eigenvalue weighted by Gasteiger charge is -2.21. The van der Waals surface area contributed by atoms with Crippen LogP contribution < -0.4 is 0 Å². The molecule has 0 aromatic heterocycles. The number of carbonyl (C=O) groups excluding carboxylic acids is 1. The van der Waals surface area contributed by atoms with E-state index in [0.717, 1.165) is 12.0 Å². The lowest BCUT2D eigenvalue weighted by atomic mass is 10.1. The number of rotatable bonds is 5. The highest BCUT2D eigenvalue weighted by atomic mass is 35.5. The fraction of sp³-hybridized carbons (Fsp3) is 0.462. The average molecular weight is 274 g/mol. The molecule has 0 N–H and O–H groups in total. The molecule has 0 bridgehead atoms. The van der Waals surface area contributed by atoms with Crippen LogP contribution in [0.1, 0.15) is 29.3 Å². The lowest BCUT2D eigenvalue weighted by Crippen LogP contribution is -2.32. The number of hydrogen-bond donors (Lipinski definition) is 0. The molecule has 1 amide bonds. The summed E-state index contributed by atoms with van der Waals surface area (Å²) < 4.78 is 0. The van der Waals surface area contributed by atoms with Crippen molar-refractivity contribution in [3.63, 3.8) is 0 Å². The minimum atomic E-state index is 0.0256. The van der Waals surface area contributed by atoms with Crippen molar-refractivity contribution in [1.29, 1.82) is 0 Å². The number of carbonyl (C=O) groups is 1. The Labute approximate surface area is 113 Å². The molecule has 0 radical (unpaired) electrons. The molecule has 1 aromatic carbocycles. The Balaban J connectivity index is 2.90. The van der Waals surface area contributed by atoms with Crippen LogP contribution in [0.4, 0.5) is 0 Å². The SMILES string of the molecule is CCN(CCCCl)C(=O)c1cccc(Cl)c1C. The second kappa shape index (κ2) is 6.87. The zero-order valence-electron chi connectivity index (χ0n) is 10.2. The van der Waals surface area contributed by atoms with E-state index in [-0.39, 0.29) is 5.91 Å². The van der Waals surface area contributed by atoms with Gasteiger partial charge in [-0.3, -0.25) is 4.79 Å². The zero-order chi connectivity index (χ0) is 12.8. The summed E-state index contributed by atoms with van der Waals surface area (Å²) in [4.78, 5) is 14.1. The van der Waals surface area contributed by atoms with Crippen molar-refractivity contribution in [2.24, 2.45) is 0 Å². The molecule has 2 nitrogen and oxygen atoms in total. The van der Waals surface area contributed by atoms with Gasteiger partial charge in [0, 0.05) is 29.6 Å². The zero-order valence-corrected chi connectivity index (χ0v) is 11.7. The van der Waals surface area contributed by atoms with Gasteiger partial charge in [-0.1, -0.05) is 17.7 Å². The van der Waals surface area contributed by atoms with Gasteiger partial charge in [-0.05, 0) is 38.0 Å². The van der Waals surface area contributed by atoms with Gasteiger partial charge >= 0.3 is 0 Å². The van der Waals surface area contributed by atoms with Crippen LogP contribution >= 0.6 is 23.2 Å². The standard InChI is InChI=1S/C13H17Cl2NO/c1-3-16(9-5-8-14)13(17)11-6-4-7-12(15)10(11)2/h4,6-7H,3,5,8-9H2,1-2H3. The van der Waals surface area contributed by atoms with Gasteiger partial charge in [-0.25, -0.2) is 0 Å². The molecule has 0 spiro atoms. The first-order chi connectivity index (χ1) is 8.11. The minimum Gasteiger partial charge on any atom is -0.339 e. The quantitative estimate of drug-likeness (QED) is 0.749. The summed E-state index contributed by atoms with van der Waals surface area (Å²) in [6, 6.07) is 5.41. The molecule has 1 rings (SSSR count). The van der Waals surface area contributed by atoms with Crippen LogP contribution in [0.5, 0.6) is 0 Å². The fourth-order valence-corrected chi connectivity index (χ4v) is 1.96. The first-order valence-corrected chi connectivity index (χ1v) is 6.63. The molecular weight excluding hydrogens is 257 g/mol. The molecule has 0 atom stereocenters. The maximum Gasteiger partial charge on any atom is 0.254 e. The van der Waals surface area contributed by atoms with E-state index in [0.29, 0.717) is 29.6 Å². The Morgan fingerprint density at radius 3 is 2.71 bits per heavy atom. The van der Waals surface area contributed by atoms with E-state index in [1.807, 2.05) is 19.9 Å². The molecular formula is C13H17Cl2NO. The van der Waals surface area contributed by atoms with Gasteiger partial charge in [0.05, 0.1) is 0 Å². The molecule has 0 aliphatic rings. The number of halogens is 2. The van der Waals surface area contributed by atoms with Crippen molar-refractivity contribution in [2.45, 2.75) is 20.3 Å². The average Bonchev–Trinajstić information content (AvgIpc) is 2.33. The highest BCUT2D eigenvalue weighted by Crippen LogP contribution is 2.20. The summed E-state index contributed by atoms with van der Waals surface area (Å²) in [6.45, 7) is 5.20. The topological polar surface area (TPSA) is 20.3 Å². The van der Waals surface area contributed by atoms with Crippen LogP contribution in [0.15, 0.2) is 18.2 Å². The third-order valence-electron chi connectivity index (χ3n) is 2.73. The van der Waals surface area contributed by atoms with Crippen LogP contribution in [0.3, 0.4) is 0 Å². The molecule has 0 saturated heterocycles. The summed E-state index contributed by atoms with van der Waals surface area (Å²) in [6.07, 6.45) is 0.806. The van der Waals surface area contributed by atoms with E-state index in [4.69, 9.17) is 23.2 Å². The number of amides is 1. The third kappa shape index (κ3) is 3.62. The minimum absolute atomic E-state index is 0.0256. The van der Waals surface area contributed by atoms with E-state index >= 15 is 0 Å². The van der Waals surface area contributed by atoms with Gasteiger partial charge in [0.15, 0.2) is 0 Å². The normalized spacial score (nSPS) is 10.4. The van der Waals surface area contributed by atoms with Crippen molar-refractivity contribution in [1.82, 2.24) is 4.90 Å². The molecule has 0 heterocycles. The van der Waals surface area contributed by atoms with Crippen LogP contribution in [-0.2, 0) is 0 Å². The summed E-state index contributed by atoms with van der Waals surface area (Å²) in [5.74, 6) is 0.593. The largest absolute Gasteiger partial charge is 0.339 e. The molecule has 17 heavy (non-hydrogen) atoms. The van der Waals surface area contributed by atoms with Gasteiger partial charge in [-0.15, -0.1) is 11.6 Å². The Kier molecular flexibility index (Phi) is 5.79. The third-order valence-corrected chi connectivity index (χ3v) is 3.41. The summed E-state index contributed by atoms with van der Waals surface area (Å²) in [7, 11) is 0. The molecule has 1 aromatic rings. The Hall–Kier alpha value is -0.730. The molecule has 0 saturated carbocycles. The van der Waals surface area contributed by atoms with E-state index in [1.54, 1.807) is 17.0 Å². The Bertz CT molecular complexity index is 393. The predicted octanol–water partition coefficient (Wildman–Crippen LogP) is 3.74. The molecule has 0 aliphatic heterocycles. The van der Waals surface area contributed by atoms with Gasteiger partial charge < -0.3 is 4.90 Å². The monoisotopic (exact) mass is 273 g/mol. The molecule has 0 fully saturated rings. The predicted molar refractivity (Wildman–Crippen MR) is 73.1 cm³/mol. The first-order valence-electron chi connectivity index (χ1n) is 5.72. The van der Waals surface area contributed by atoms with Crippen molar-refractivity contribution in [3.8, 4) is 0 Å². The van der Waals surface area contributed by atoms with Crippen LogP contribution in [0.25, 0.3) is 0 Å². The van der Waals surface area contributed by atoms with E-state index in [2.05, 4.69) is 0 Å². The summed E-state index contributed by atoms with van der Waals surface area (Å²) in [5, 5.41) is 0.629. The van der Waals surface area contributed by atoms with Crippen molar-refractivity contribution < 1.29 is 4.79 Å². The number of alkyl halides is 1. The van der Waals surface area contributed by atoms with Crippen molar-refractivity contribution >= 4 is 29.1 Å². The van der Waals surface area contributed by atoms with Gasteiger partial charge in [0.25, 0.3) is 5.91 Å². The van der Waals surface area contributed by atoms with Gasteiger partial charge in [0.1, 0.15) is 0 Å². The van der Waals surface area contributed by atoms with Crippen molar-refractivity contribution in [3.05, 3.63) is 34.3 Å². The maximum absolute atomic E-state index is 12.3. The highest BCUT2D eigenvalue weighted by molar-refractivity contribution is 6.31.